The predicted octanol–water partition coefficient (Wildman–Crippen LogP) is 39.9. The zero-order valence-corrected chi connectivity index (χ0v) is 80.5. The highest BCUT2D eigenvalue weighted by molar-refractivity contribution is 6.29. The van der Waals surface area contributed by atoms with Crippen LogP contribution >= 0.6 is 0 Å². The number of aromatic nitrogens is 3. The van der Waals surface area contributed by atoms with E-state index in [-0.39, 0.29) is 0 Å². The van der Waals surface area contributed by atoms with Gasteiger partial charge in [-0.2, -0.15) is 0 Å². The Bertz CT molecular complexity index is 11100. The van der Waals surface area contributed by atoms with E-state index < -0.39 is 0 Å². The van der Waals surface area contributed by atoms with Gasteiger partial charge in [0.1, 0.15) is 16.6 Å². The van der Waals surface area contributed by atoms with Crippen LogP contribution < -0.4 is 0 Å². The first kappa shape index (κ1) is 83.8. The van der Waals surface area contributed by atoms with Crippen molar-refractivity contribution in [2.75, 3.05) is 0 Å². The molecule has 0 N–H and O–H groups in total. The quantitative estimate of drug-likeness (QED) is 0.134. The number of oxazole rings is 3. The van der Waals surface area contributed by atoms with E-state index in [0.29, 0.717) is 17.7 Å². The largest absolute Gasteiger partial charge is 0.435 e. The van der Waals surface area contributed by atoms with E-state index in [0.717, 1.165) is 98.5 Å². The fraction of sp³-hybridized carbons (Fsp3) is 0. The summed E-state index contributed by atoms with van der Waals surface area (Å²) in [6, 6.07) is 182. The maximum atomic E-state index is 6.53. The van der Waals surface area contributed by atoms with Crippen LogP contribution in [0.4, 0.5) is 0 Å². The summed E-state index contributed by atoms with van der Waals surface area (Å²) < 4.78 is 19.5. The van der Waals surface area contributed by atoms with Crippen LogP contribution in [-0.4, -0.2) is 15.0 Å². The second-order valence-corrected chi connectivity index (χ2v) is 39.5. The fourth-order valence-corrected chi connectivity index (χ4v) is 24.7. The van der Waals surface area contributed by atoms with E-state index >= 15 is 0 Å². The molecule has 3 heterocycles. The van der Waals surface area contributed by atoms with Crippen LogP contribution in [0.2, 0.25) is 0 Å². The second kappa shape index (κ2) is 33.4. The molecule has 0 saturated carbocycles. The minimum atomic E-state index is 0.641. The molecule has 6 heteroatoms. The number of benzene rings is 28. The molecule has 0 fully saturated rings. The van der Waals surface area contributed by atoms with Crippen molar-refractivity contribution in [3.8, 4) is 146 Å². The van der Waals surface area contributed by atoms with Gasteiger partial charge in [0.15, 0.2) is 16.7 Å². The Morgan fingerprint density at radius 3 is 0.725 bits per heavy atom. The molecule has 0 radical (unpaired) electrons. The highest BCUT2D eigenvalue weighted by atomic mass is 16.4. The number of rotatable bonds is 9. The maximum Gasteiger partial charge on any atom is 0.227 e. The summed E-state index contributed by atoms with van der Waals surface area (Å²) in [6.45, 7) is 0. The molecule has 0 atom stereocenters. The third-order valence-electron chi connectivity index (χ3n) is 31.6. The molecular weight excluding hydrogens is 1810 g/mol. The van der Waals surface area contributed by atoms with Crippen LogP contribution in [0.3, 0.4) is 0 Å². The van der Waals surface area contributed by atoms with Crippen molar-refractivity contribution in [1.82, 2.24) is 15.0 Å². The number of nitrogens with zero attached hydrogens (tertiary/aromatic N) is 3. The first-order chi connectivity index (χ1) is 73.9. The molecule has 0 amide bonds. The van der Waals surface area contributed by atoms with Crippen LogP contribution in [-0.2, 0) is 0 Å². The molecule has 0 spiro atoms. The molecule has 2 aliphatic rings. The normalized spacial score (nSPS) is 12.0. The molecule has 0 aliphatic heterocycles. The molecule has 3 aromatic heterocycles. The minimum absolute atomic E-state index is 0.641. The molecule has 28 aromatic carbocycles. The number of hydrogen-bond donors (Lipinski definition) is 0. The molecule has 6 nitrogen and oxygen atoms in total. The zero-order chi connectivity index (χ0) is 97.6. The maximum absolute atomic E-state index is 6.53. The minimum Gasteiger partial charge on any atom is -0.435 e. The Hall–Kier alpha value is -19.8. The third kappa shape index (κ3) is 13.3. The fourth-order valence-electron chi connectivity index (χ4n) is 24.7. The summed E-state index contributed by atoms with van der Waals surface area (Å²) in [4.78, 5) is 14.6. The van der Waals surface area contributed by atoms with Gasteiger partial charge < -0.3 is 13.3 Å². The van der Waals surface area contributed by atoms with Gasteiger partial charge >= 0.3 is 0 Å². The lowest BCUT2D eigenvalue weighted by molar-refractivity contribution is 0.623. The Balaban J connectivity index is 0.000000101. The van der Waals surface area contributed by atoms with Crippen molar-refractivity contribution in [3.63, 3.8) is 0 Å². The van der Waals surface area contributed by atoms with Crippen LogP contribution in [0.5, 0.6) is 0 Å². The standard InChI is InChI=1S/C49H29NO.2C47H27NO/c1-2-10-32(11-3-1)49-50-46-27-23-31-20-18-30-19-21-33(28-44(30)47(31)48(46)51-49)35-25-26-36(38-13-5-4-12-37(35)38)34-22-24-43-41-16-7-6-14-39(41)40-15-8-9-17-42(40)45(43)29-34;1-2-9-30(10-3-1)47-48-43-26-21-29-19-17-28-18-20-31(27-42(28)44(29)46(43)49-47)32-22-23-37(34-12-5-4-11-33(32)34)38-24-25-41-36-14-7-6-13-35(36)39-15-8-16-40(38)45(39)41;1-2-9-29(10-3-1)47-48-43-26-20-28-17-18-31-27-30(19-21-33(31)44(28)46(43)49-47)32-22-23-38(35-12-5-4-11-34(32)35)39-24-25-42-37-14-7-6-13-36(37)40-15-8-16-41(39)45(40)42/h1-29H;2*1-27H. The van der Waals surface area contributed by atoms with E-state index in [1.807, 2.05) is 91.0 Å². The monoisotopic (exact) mass is 1890 g/mol. The Labute approximate surface area is 855 Å². The SMILES string of the molecule is c1ccc(-c2nc3ccc4ccc5cc(-c6ccc(-c7ccc8c9c(cccc79)-c7ccccc7-8)c7ccccc67)ccc5c4c3o2)cc1.c1ccc(-c2nc3ccc4ccc5ccc(-c6ccc(-c7ccc8c9c(cccc79)-c7ccccc7-8)c7ccccc67)cc5c4c3o2)cc1.c1ccc(-c2nc3ccc4ccc5ccc(-c6ccc(-c7ccc8c9ccccc9c9ccccc9c8c7)c7ccccc67)cc5c4c3o2)cc1. The van der Waals surface area contributed by atoms with Crippen molar-refractivity contribution in [1.29, 1.82) is 0 Å². The van der Waals surface area contributed by atoms with E-state index in [1.54, 1.807) is 0 Å². The average molecular weight is 1890 g/mol. The highest BCUT2D eigenvalue weighted by Gasteiger charge is 2.29. The smallest absolute Gasteiger partial charge is 0.227 e. The first-order valence-electron chi connectivity index (χ1n) is 51.0. The Kier molecular flexibility index (Phi) is 18.8. The molecule has 0 bridgehead atoms. The summed E-state index contributed by atoms with van der Waals surface area (Å²) in [6.07, 6.45) is 0. The summed E-state index contributed by atoms with van der Waals surface area (Å²) >= 11 is 0. The van der Waals surface area contributed by atoms with Crippen LogP contribution in [0.15, 0.2) is 517 Å². The molecule has 0 unspecified atom stereocenters. The lowest BCUT2D eigenvalue weighted by Gasteiger charge is -2.15. The van der Waals surface area contributed by atoms with Gasteiger partial charge in [0.25, 0.3) is 0 Å². The molecule has 688 valence electrons. The van der Waals surface area contributed by atoms with Crippen molar-refractivity contribution >= 4 is 184 Å². The van der Waals surface area contributed by atoms with E-state index in [2.05, 4.69) is 413 Å². The topological polar surface area (TPSA) is 78.1 Å². The third-order valence-corrected chi connectivity index (χ3v) is 31.6. The van der Waals surface area contributed by atoms with Crippen molar-refractivity contribution in [2.24, 2.45) is 0 Å². The predicted molar refractivity (Wildman–Crippen MR) is 625 cm³/mol. The van der Waals surface area contributed by atoms with Gasteiger partial charge in [0.05, 0.1) is 0 Å². The van der Waals surface area contributed by atoms with E-state index in [4.69, 9.17) is 28.2 Å². The molecule has 33 rings (SSSR count). The van der Waals surface area contributed by atoms with Crippen molar-refractivity contribution < 1.29 is 13.3 Å². The van der Waals surface area contributed by atoms with E-state index in [9.17, 15) is 0 Å². The van der Waals surface area contributed by atoms with E-state index in [1.165, 1.54) is 214 Å². The summed E-state index contributed by atoms with van der Waals surface area (Å²) in [5.74, 6) is 1.93. The Morgan fingerprint density at radius 2 is 0.349 bits per heavy atom. The number of fused-ring (bicyclic) bond motifs is 30. The van der Waals surface area contributed by atoms with Gasteiger partial charge in [-0.3, -0.25) is 0 Å². The molecule has 149 heavy (non-hydrogen) atoms. The zero-order valence-electron chi connectivity index (χ0n) is 80.5. The molecule has 31 aromatic rings. The average Bonchev–Trinajstić information content (AvgIpc) is 1.36. The van der Waals surface area contributed by atoms with Gasteiger partial charge in [-0.05, 0) is 325 Å². The van der Waals surface area contributed by atoms with Crippen molar-refractivity contribution in [2.45, 2.75) is 0 Å². The first-order valence-corrected chi connectivity index (χ1v) is 51.0. The van der Waals surface area contributed by atoms with Crippen LogP contribution in [0, 0.1) is 0 Å². The van der Waals surface area contributed by atoms with Crippen molar-refractivity contribution in [3.05, 3.63) is 504 Å². The summed E-state index contributed by atoms with van der Waals surface area (Å²) in [5, 5.41) is 34.2. The molecular formula is C143H83N3O3. The lowest BCUT2D eigenvalue weighted by atomic mass is 9.88. The van der Waals surface area contributed by atoms with Gasteiger partial charge in [-0.1, -0.05) is 425 Å². The second-order valence-electron chi connectivity index (χ2n) is 39.5. The number of hydrogen-bond acceptors (Lipinski definition) is 6. The van der Waals surface area contributed by atoms with Gasteiger partial charge in [-0.25, -0.2) is 15.0 Å². The summed E-state index contributed by atoms with van der Waals surface area (Å²) in [5.41, 5.74) is 33.3. The van der Waals surface area contributed by atoms with Gasteiger partial charge in [-0.15, -0.1) is 0 Å². The molecule has 2 aliphatic carbocycles. The summed E-state index contributed by atoms with van der Waals surface area (Å²) in [7, 11) is 0. The molecule has 0 saturated heterocycles. The van der Waals surface area contributed by atoms with Gasteiger partial charge in [0, 0.05) is 32.8 Å². The van der Waals surface area contributed by atoms with Crippen LogP contribution in [0.1, 0.15) is 0 Å². The van der Waals surface area contributed by atoms with Gasteiger partial charge in [0.2, 0.25) is 17.7 Å². The lowest BCUT2D eigenvalue weighted by Crippen LogP contribution is -1.89. The Morgan fingerprint density at radius 1 is 0.114 bits per heavy atom. The highest BCUT2D eigenvalue weighted by Crippen LogP contribution is 2.55. The van der Waals surface area contributed by atoms with Crippen LogP contribution in [0.25, 0.3) is 330 Å².